The molecule has 6 nitrogen and oxygen atoms in total. The zero-order chi connectivity index (χ0) is 20.5. The molecule has 0 bridgehead atoms. The normalized spacial score (nSPS) is 10.3. The second kappa shape index (κ2) is 11.1. The van der Waals surface area contributed by atoms with Gasteiger partial charge in [-0.3, -0.25) is 20.4 Å². The van der Waals surface area contributed by atoms with Crippen molar-refractivity contribution in [2.45, 2.75) is 19.8 Å². The zero-order valence-electron chi connectivity index (χ0n) is 15.1. The van der Waals surface area contributed by atoms with E-state index in [9.17, 15) is 9.59 Å². The Balaban J connectivity index is 1.82. The van der Waals surface area contributed by atoms with Crippen LogP contribution in [-0.4, -0.2) is 25.0 Å². The third kappa shape index (κ3) is 6.89. The monoisotopic (exact) mass is 488 g/mol. The molecule has 0 fully saturated rings. The van der Waals surface area contributed by atoms with Crippen molar-refractivity contribution in [3.63, 3.8) is 0 Å². The molecular weight excluding hydrogens is 471 g/mol. The molecule has 2 aromatic carbocycles. The lowest BCUT2D eigenvalue weighted by Gasteiger charge is -2.11. The molecule has 2 N–H and O–H groups in total. The van der Waals surface area contributed by atoms with Gasteiger partial charge in [0.2, 0.25) is 0 Å². The van der Waals surface area contributed by atoms with Gasteiger partial charge in [-0.25, -0.2) is 0 Å². The second-order valence-corrected chi connectivity index (χ2v) is 7.41. The van der Waals surface area contributed by atoms with Crippen molar-refractivity contribution in [2.75, 3.05) is 13.2 Å². The van der Waals surface area contributed by atoms with E-state index < -0.39 is 11.8 Å². The maximum Gasteiger partial charge on any atom is 0.276 e. The van der Waals surface area contributed by atoms with E-state index in [-0.39, 0.29) is 11.6 Å². The number of rotatable bonds is 8. The number of hydrazine groups is 1. The highest BCUT2D eigenvalue weighted by Gasteiger charge is 2.11. The van der Waals surface area contributed by atoms with Crippen LogP contribution in [0.4, 0.5) is 0 Å². The molecule has 2 rings (SSSR count). The maximum absolute atomic E-state index is 12.2. The lowest BCUT2D eigenvalue weighted by atomic mass is 10.2. The van der Waals surface area contributed by atoms with Crippen LogP contribution >= 0.6 is 39.1 Å². The number of carbonyl (C=O) groups is 2. The van der Waals surface area contributed by atoms with Crippen LogP contribution in [-0.2, 0) is 4.79 Å². The summed E-state index contributed by atoms with van der Waals surface area (Å²) in [6, 6.07) is 9.58. The molecule has 9 heteroatoms. The largest absolute Gasteiger partial charge is 0.492 e. The predicted octanol–water partition coefficient (Wildman–Crippen LogP) is 4.77. The summed E-state index contributed by atoms with van der Waals surface area (Å²) in [7, 11) is 0. The lowest BCUT2D eigenvalue weighted by molar-refractivity contribution is -0.123. The van der Waals surface area contributed by atoms with Crippen molar-refractivity contribution in [3.8, 4) is 11.5 Å². The van der Waals surface area contributed by atoms with E-state index in [4.69, 9.17) is 32.7 Å². The first-order valence-corrected chi connectivity index (χ1v) is 10.0. The molecule has 0 atom stereocenters. The SMILES string of the molecule is CCCCOc1ccc(C(=O)NNC(=O)COc2ccc(Cl)cc2Cl)cc1Br. The van der Waals surface area contributed by atoms with Gasteiger partial charge in [0.05, 0.1) is 16.1 Å². The number of ether oxygens (including phenoxy) is 2. The Bertz CT molecular complexity index is 849. The summed E-state index contributed by atoms with van der Waals surface area (Å²) in [6.07, 6.45) is 1.98. The van der Waals surface area contributed by atoms with Gasteiger partial charge in [0, 0.05) is 10.6 Å². The minimum Gasteiger partial charge on any atom is -0.492 e. The van der Waals surface area contributed by atoms with E-state index in [0.717, 1.165) is 12.8 Å². The van der Waals surface area contributed by atoms with Crippen molar-refractivity contribution in [1.29, 1.82) is 0 Å². The highest BCUT2D eigenvalue weighted by Crippen LogP contribution is 2.27. The Kier molecular flexibility index (Phi) is 8.89. The topological polar surface area (TPSA) is 76.7 Å². The van der Waals surface area contributed by atoms with E-state index in [1.807, 2.05) is 0 Å². The fourth-order valence-electron chi connectivity index (χ4n) is 2.06. The summed E-state index contributed by atoms with van der Waals surface area (Å²) in [5, 5.41) is 0.748. The van der Waals surface area contributed by atoms with Gasteiger partial charge in [-0.05, 0) is 58.7 Å². The molecule has 0 aliphatic rings. The molecule has 150 valence electrons. The molecule has 0 radical (unpaired) electrons. The zero-order valence-corrected chi connectivity index (χ0v) is 18.2. The average molecular weight is 490 g/mol. The Morgan fingerprint density at radius 2 is 1.79 bits per heavy atom. The van der Waals surface area contributed by atoms with Crippen molar-refractivity contribution in [3.05, 3.63) is 56.5 Å². The van der Waals surface area contributed by atoms with E-state index in [2.05, 4.69) is 33.7 Å². The summed E-state index contributed by atoms with van der Waals surface area (Å²) < 4.78 is 11.6. The van der Waals surface area contributed by atoms with Gasteiger partial charge in [-0.1, -0.05) is 36.5 Å². The number of hydrogen-bond donors (Lipinski definition) is 2. The molecular formula is C19H19BrCl2N2O4. The number of halogens is 3. The third-order valence-corrected chi connectivity index (χ3v) is 4.67. The van der Waals surface area contributed by atoms with Crippen molar-refractivity contribution in [2.24, 2.45) is 0 Å². The summed E-state index contributed by atoms with van der Waals surface area (Å²) in [5.41, 5.74) is 4.96. The molecule has 0 heterocycles. The Hall–Kier alpha value is -1.96. The molecule has 0 aromatic heterocycles. The van der Waals surface area contributed by atoms with Gasteiger partial charge in [0.15, 0.2) is 6.61 Å². The van der Waals surface area contributed by atoms with Crippen LogP contribution < -0.4 is 20.3 Å². The average Bonchev–Trinajstić information content (AvgIpc) is 2.66. The van der Waals surface area contributed by atoms with Gasteiger partial charge in [-0.2, -0.15) is 0 Å². The molecule has 0 saturated heterocycles. The van der Waals surface area contributed by atoms with E-state index in [0.29, 0.717) is 33.2 Å². The van der Waals surface area contributed by atoms with Crippen molar-refractivity contribution in [1.82, 2.24) is 10.9 Å². The van der Waals surface area contributed by atoms with E-state index in [1.54, 1.807) is 30.3 Å². The number of amides is 2. The standard InChI is InChI=1S/C19H19BrCl2N2O4/c1-2-3-8-27-16-6-4-12(9-14(16)20)19(26)24-23-18(25)11-28-17-7-5-13(21)10-15(17)22/h4-7,9-10H,2-3,8,11H2,1H3,(H,23,25)(H,24,26). The third-order valence-electron chi connectivity index (χ3n) is 3.52. The van der Waals surface area contributed by atoms with Gasteiger partial charge < -0.3 is 9.47 Å². The van der Waals surface area contributed by atoms with Crippen LogP contribution in [0.5, 0.6) is 11.5 Å². The second-order valence-electron chi connectivity index (χ2n) is 5.71. The molecule has 0 aliphatic carbocycles. The Morgan fingerprint density at radius 3 is 2.46 bits per heavy atom. The molecule has 2 aromatic rings. The van der Waals surface area contributed by atoms with Gasteiger partial charge in [0.25, 0.3) is 11.8 Å². The van der Waals surface area contributed by atoms with Crippen LogP contribution in [0.15, 0.2) is 40.9 Å². The molecule has 0 spiro atoms. The first kappa shape index (κ1) is 22.3. The van der Waals surface area contributed by atoms with Crippen LogP contribution in [0.2, 0.25) is 10.0 Å². The molecule has 0 unspecified atom stereocenters. The first-order chi connectivity index (χ1) is 13.4. The number of nitrogens with one attached hydrogen (secondary N) is 2. The van der Waals surface area contributed by atoms with Gasteiger partial charge in [-0.15, -0.1) is 0 Å². The van der Waals surface area contributed by atoms with E-state index >= 15 is 0 Å². The molecule has 0 saturated carbocycles. The van der Waals surface area contributed by atoms with Crippen molar-refractivity contribution >= 4 is 50.9 Å². The van der Waals surface area contributed by atoms with E-state index in [1.165, 1.54) is 6.07 Å². The fourth-order valence-corrected chi connectivity index (χ4v) is 3.01. The number of benzene rings is 2. The quantitative estimate of drug-likeness (QED) is 0.413. The Morgan fingerprint density at radius 1 is 1.04 bits per heavy atom. The fraction of sp³-hybridized carbons (Fsp3) is 0.263. The summed E-state index contributed by atoms with van der Waals surface area (Å²) in [5.74, 6) is -0.0472. The van der Waals surface area contributed by atoms with Crippen molar-refractivity contribution < 1.29 is 19.1 Å². The lowest BCUT2D eigenvalue weighted by Crippen LogP contribution is -2.43. The van der Waals surface area contributed by atoms with Crippen LogP contribution in [0, 0.1) is 0 Å². The number of carbonyl (C=O) groups excluding carboxylic acids is 2. The number of hydrogen-bond acceptors (Lipinski definition) is 4. The molecule has 0 aliphatic heterocycles. The smallest absolute Gasteiger partial charge is 0.276 e. The van der Waals surface area contributed by atoms with Crippen LogP contribution in [0.1, 0.15) is 30.1 Å². The highest BCUT2D eigenvalue weighted by molar-refractivity contribution is 9.10. The molecule has 2 amide bonds. The number of unbranched alkanes of at least 4 members (excludes halogenated alkanes) is 1. The predicted molar refractivity (Wildman–Crippen MR) is 112 cm³/mol. The maximum atomic E-state index is 12.2. The van der Waals surface area contributed by atoms with Gasteiger partial charge >= 0.3 is 0 Å². The summed E-state index contributed by atoms with van der Waals surface area (Å²) >= 11 is 15.1. The summed E-state index contributed by atoms with van der Waals surface area (Å²) in [6.45, 7) is 2.36. The van der Waals surface area contributed by atoms with Crippen LogP contribution in [0.3, 0.4) is 0 Å². The first-order valence-electron chi connectivity index (χ1n) is 8.50. The highest BCUT2D eigenvalue weighted by atomic mass is 79.9. The molecule has 28 heavy (non-hydrogen) atoms. The minimum atomic E-state index is -0.544. The minimum absolute atomic E-state index is 0.287. The van der Waals surface area contributed by atoms with Crippen LogP contribution in [0.25, 0.3) is 0 Å². The van der Waals surface area contributed by atoms with Gasteiger partial charge in [0.1, 0.15) is 11.5 Å². The summed E-state index contributed by atoms with van der Waals surface area (Å²) in [4.78, 5) is 24.0. The Labute approximate surface area is 181 Å².